The molecule has 4 heterocycles. The molecule has 1 amide bonds. The van der Waals surface area contributed by atoms with E-state index in [2.05, 4.69) is 20.0 Å². The molecule has 5 rings (SSSR count). The van der Waals surface area contributed by atoms with Crippen LogP contribution >= 0.6 is 0 Å². The predicted molar refractivity (Wildman–Crippen MR) is 123 cm³/mol. The lowest BCUT2D eigenvalue weighted by Gasteiger charge is -2.33. The number of piperidine rings is 1. The Balaban J connectivity index is 1.30. The SMILES string of the molecule is CC1(c2cc3c(C4CCN(C(=O)c5ccc(OC(F)(F)F)cc5)CC4)c(F)cnc3[nH]2)CNCCO1. The normalized spacial score (nSPS) is 21.6. The number of hydrogen-bond donors (Lipinski definition) is 2. The van der Waals surface area contributed by atoms with E-state index in [4.69, 9.17) is 4.74 Å². The molecule has 192 valence electrons. The minimum atomic E-state index is -4.79. The van der Waals surface area contributed by atoms with E-state index < -0.39 is 12.0 Å². The van der Waals surface area contributed by atoms with Gasteiger partial charge in [0, 0.05) is 42.7 Å². The highest BCUT2D eigenvalue weighted by Crippen LogP contribution is 2.37. The summed E-state index contributed by atoms with van der Waals surface area (Å²) in [5.41, 5.74) is 1.70. The zero-order valence-electron chi connectivity index (χ0n) is 19.6. The van der Waals surface area contributed by atoms with Gasteiger partial charge < -0.3 is 24.7 Å². The Kier molecular flexibility index (Phi) is 6.37. The topological polar surface area (TPSA) is 79.5 Å². The summed E-state index contributed by atoms with van der Waals surface area (Å²) in [6, 6.07) is 6.77. The van der Waals surface area contributed by atoms with Gasteiger partial charge in [0.1, 0.15) is 22.8 Å². The third-order valence-electron chi connectivity index (χ3n) is 6.91. The zero-order chi connectivity index (χ0) is 25.5. The van der Waals surface area contributed by atoms with Gasteiger partial charge in [0.15, 0.2) is 0 Å². The number of likely N-dealkylation sites (tertiary alicyclic amines) is 1. The number of rotatable bonds is 4. The van der Waals surface area contributed by atoms with Gasteiger partial charge in [-0.1, -0.05) is 0 Å². The van der Waals surface area contributed by atoms with Gasteiger partial charge in [-0.2, -0.15) is 0 Å². The van der Waals surface area contributed by atoms with Crippen molar-refractivity contribution in [3.05, 3.63) is 59.2 Å². The number of alkyl halides is 3. The summed E-state index contributed by atoms with van der Waals surface area (Å²) >= 11 is 0. The van der Waals surface area contributed by atoms with Gasteiger partial charge in [-0.25, -0.2) is 9.37 Å². The van der Waals surface area contributed by atoms with Crippen LogP contribution in [0, 0.1) is 5.82 Å². The van der Waals surface area contributed by atoms with Gasteiger partial charge in [-0.15, -0.1) is 13.2 Å². The predicted octanol–water partition coefficient (Wildman–Crippen LogP) is 4.46. The number of carbonyl (C=O) groups is 1. The first-order chi connectivity index (χ1) is 17.1. The van der Waals surface area contributed by atoms with Crippen LogP contribution in [0.3, 0.4) is 0 Å². The van der Waals surface area contributed by atoms with Crippen molar-refractivity contribution in [2.45, 2.75) is 37.6 Å². The van der Waals surface area contributed by atoms with Crippen LogP contribution in [0.1, 0.15) is 47.3 Å². The van der Waals surface area contributed by atoms with Gasteiger partial charge in [0.25, 0.3) is 5.91 Å². The Morgan fingerprint density at radius 1 is 1.22 bits per heavy atom. The maximum Gasteiger partial charge on any atom is 0.573 e. The summed E-state index contributed by atoms with van der Waals surface area (Å²) in [5.74, 6) is -1.16. The summed E-state index contributed by atoms with van der Waals surface area (Å²) in [5, 5.41) is 4.03. The number of amides is 1. The highest BCUT2D eigenvalue weighted by atomic mass is 19.4. The molecule has 0 aliphatic carbocycles. The van der Waals surface area contributed by atoms with E-state index in [9.17, 15) is 18.0 Å². The van der Waals surface area contributed by atoms with Gasteiger partial charge in [-0.3, -0.25) is 4.79 Å². The Morgan fingerprint density at radius 3 is 2.58 bits per heavy atom. The largest absolute Gasteiger partial charge is 0.573 e. The van der Waals surface area contributed by atoms with E-state index in [1.165, 1.54) is 18.3 Å². The number of aromatic nitrogens is 2. The van der Waals surface area contributed by atoms with Crippen LogP contribution in [0.5, 0.6) is 5.75 Å². The molecule has 11 heteroatoms. The van der Waals surface area contributed by atoms with Crippen molar-refractivity contribution >= 4 is 16.9 Å². The standard InChI is InChI=1S/C25H26F4N4O3/c1-24(14-30-8-11-35-24)20-12-18-21(19(26)13-31-22(18)32-20)15-6-9-33(10-7-15)23(34)16-2-4-17(5-3-16)36-25(27,28)29/h2-5,12-13,15,30H,6-11,14H2,1H3,(H,31,32). The fourth-order valence-electron chi connectivity index (χ4n) is 5.02. The molecule has 0 spiro atoms. The summed E-state index contributed by atoms with van der Waals surface area (Å²) in [7, 11) is 0. The van der Waals surface area contributed by atoms with Crippen molar-refractivity contribution in [2.75, 3.05) is 32.8 Å². The van der Waals surface area contributed by atoms with Crippen LogP contribution in [-0.2, 0) is 10.3 Å². The second kappa shape index (κ2) is 9.36. The van der Waals surface area contributed by atoms with E-state index in [0.717, 1.165) is 24.4 Å². The molecule has 36 heavy (non-hydrogen) atoms. The highest BCUT2D eigenvalue weighted by molar-refractivity contribution is 5.94. The van der Waals surface area contributed by atoms with E-state index in [-0.39, 0.29) is 29.0 Å². The number of benzene rings is 1. The number of aromatic amines is 1. The number of ether oxygens (including phenoxy) is 2. The van der Waals surface area contributed by atoms with Crippen LogP contribution in [0.25, 0.3) is 11.0 Å². The van der Waals surface area contributed by atoms with E-state index in [1.807, 2.05) is 13.0 Å². The van der Waals surface area contributed by atoms with Crippen LogP contribution in [-0.4, -0.2) is 59.9 Å². The Hall–Kier alpha value is -3.18. The molecule has 0 radical (unpaired) electrons. The van der Waals surface area contributed by atoms with Gasteiger partial charge in [0.05, 0.1) is 18.5 Å². The molecule has 2 aliphatic heterocycles. The Bertz CT molecular complexity index is 1240. The minimum Gasteiger partial charge on any atom is -0.406 e. The first-order valence-corrected chi connectivity index (χ1v) is 11.8. The molecule has 2 aromatic heterocycles. The number of carbonyl (C=O) groups excluding carboxylic acids is 1. The molecule has 2 aliphatic rings. The second-order valence-corrected chi connectivity index (χ2v) is 9.36. The molecule has 1 unspecified atom stereocenters. The molecule has 3 aromatic rings. The van der Waals surface area contributed by atoms with Crippen molar-refractivity contribution in [1.82, 2.24) is 20.2 Å². The lowest BCUT2D eigenvalue weighted by atomic mass is 9.87. The fourth-order valence-corrected chi connectivity index (χ4v) is 5.02. The van der Waals surface area contributed by atoms with Crippen molar-refractivity contribution in [3.63, 3.8) is 0 Å². The van der Waals surface area contributed by atoms with Gasteiger partial charge in [0.2, 0.25) is 0 Å². The lowest BCUT2D eigenvalue weighted by molar-refractivity contribution is -0.274. The summed E-state index contributed by atoms with van der Waals surface area (Å²) in [6.07, 6.45) is -2.47. The molecule has 7 nitrogen and oxygen atoms in total. The minimum absolute atomic E-state index is 0.107. The quantitative estimate of drug-likeness (QED) is 0.511. The Labute approximate surface area is 204 Å². The van der Waals surface area contributed by atoms with Crippen LogP contribution in [0.4, 0.5) is 17.6 Å². The van der Waals surface area contributed by atoms with Crippen molar-refractivity contribution in [1.29, 1.82) is 0 Å². The van der Waals surface area contributed by atoms with E-state index >= 15 is 4.39 Å². The number of fused-ring (bicyclic) bond motifs is 1. The number of pyridine rings is 1. The fraction of sp³-hybridized carbons (Fsp3) is 0.440. The van der Waals surface area contributed by atoms with Crippen molar-refractivity contribution in [2.24, 2.45) is 0 Å². The zero-order valence-corrected chi connectivity index (χ0v) is 19.6. The molecular formula is C25H26F4N4O3. The molecule has 0 bridgehead atoms. The van der Waals surface area contributed by atoms with Crippen molar-refractivity contribution < 1.29 is 31.8 Å². The number of hydrogen-bond acceptors (Lipinski definition) is 5. The number of morpholine rings is 1. The van der Waals surface area contributed by atoms with Gasteiger partial charge in [-0.05, 0) is 56.0 Å². The first-order valence-electron chi connectivity index (χ1n) is 11.8. The maximum atomic E-state index is 15.0. The molecule has 2 fully saturated rings. The molecule has 2 N–H and O–H groups in total. The van der Waals surface area contributed by atoms with Crippen LogP contribution < -0.4 is 10.1 Å². The van der Waals surface area contributed by atoms with E-state index in [0.29, 0.717) is 55.7 Å². The number of halogens is 4. The van der Waals surface area contributed by atoms with Gasteiger partial charge >= 0.3 is 6.36 Å². The molecule has 1 atom stereocenters. The number of nitrogens with one attached hydrogen (secondary N) is 2. The average Bonchev–Trinajstić information content (AvgIpc) is 3.29. The van der Waals surface area contributed by atoms with E-state index in [1.54, 1.807) is 4.90 Å². The summed E-state index contributed by atoms with van der Waals surface area (Å²) in [6.45, 7) is 4.75. The number of nitrogens with zero attached hydrogens (tertiary/aromatic N) is 2. The third-order valence-corrected chi connectivity index (χ3v) is 6.91. The first kappa shape index (κ1) is 24.5. The lowest BCUT2D eigenvalue weighted by Crippen LogP contribution is -2.45. The summed E-state index contributed by atoms with van der Waals surface area (Å²) in [4.78, 5) is 22.1. The second-order valence-electron chi connectivity index (χ2n) is 9.36. The number of H-pyrrole nitrogens is 1. The molecule has 0 saturated carbocycles. The maximum absolute atomic E-state index is 15.0. The van der Waals surface area contributed by atoms with Crippen LogP contribution in [0.15, 0.2) is 36.5 Å². The average molecular weight is 507 g/mol. The monoisotopic (exact) mass is 506 g/mol. The Morgan fingerprint density at radius 2 is 1.94 bits per heavy atom. The third kappa shape index (κ3) is 4.90. The smallest absolute Gasteiger partial charge is 0.406 e. The van der Waals surface area contributed by atoms with Crippen molar-refractivity contribution in [3.8, 4) is 5.75 Å². The molecular weight excluding hydrogens is 480 g/mol. The highest BCUT2D eigenvalue weighted by Gasteiger charge is 2.34. The van der Waals surface area contributed by atoms with Crippen LogP contribution in [0.2, 0.25) is 0 Å². The molecule has 1 aromatic carbocycles. The molecule has 2 saturated heterocycles. The summed E-state index contributed by atoms with van der Waals surface area (Å²) < 4.78 is 62.0.